The summed E-state index contributed by atoms with van der Waals surface area (Å²) < 4.78 is 5.11. The lowest BCUT2D eigenvalue weighted by Gasteiger charge is -2.20. The SMILES string of the molecule is CC[C@H](NC(=O)OCc1ccccc1)C(=O)N[C@@H](Cc1ccccc1)C(=O)O. The Morgan fingerprint density at radius 3 is 2.00 bits per heavy atom. The molecule has 2 aromatic rings. The molecule has 2 atom stereocenters. The average molecular weight is 384 g/mol. The normalized spacial score (nSPS) is 12.5. The van der Waals surface area contributed by atoms with Gasteiger partial charge in [0.25, 0.3) is 0 Å². The highest BCUT2D eigenvalue weighted by atomic mass is 16.5. The van der Waals surface area contributed by atoms with Gasteiger partial charge in [0.05, 0.1) is 0 Å². The standard InChI is InChI=1S/C21H24N2O5/c1-2-17(23-21(27)28-14-16-11-7-4-8-12-16)19(24)22-18(20(25)26)13-15-9-5-3-6-10-15/h3-12,17-18H,2,13-14H2,1H3,(H,22,24)(H,23,27)(H,25,26)/t17-,18-/m0/s1. The third-order valence-electron chi connectivity index (χ3n) is 4.13. The Morgan fingerprint density at radius 2 is 1.46 bits per heavy atom. The number of benzene rings is 2. The van der Waals surface area contributed by atoms with Crippen molar-refractivity contribution >= 4 is 18.0 Å². The van der Waals surface area contributed by atoms with E-state index in [0.29, 0.717) is 6.42 Å². The van der Waals surface area contributed by atoms with E-state index < -0.39 is 30.1 Å². The minimum atomic E-state index is -1.14. The van der Waals surface area contributed by atoms with Crippen LogP contribution in [0.4, 0.5) is 4.79 Å². The summed E-state index contributed by atoms with van der Waals surface area (Å²) in [6.45, 7) is 1.80. The molecule has 0 fully saturated rings. The van der Waals surface area contributed by atoms with Gasteiger partial charge in [0.2, 0.25) is 5.91 Å². The number of carboxylic acids is 1. The fraction of sp³-hybridized carbons (Fsp3) is 0.286. The van der Waals surface area contributed by atoms with Crippen LogP contribution >= 0.6 is 0 Å². The fourth-order valence-electron chi connectivity index (χ4n) is 2.58. The Morgan fingerprint density at radius 1 is 0.893 bits per heavy atom. The molecule has 0 radical (unpaired) electrons. The molecule has 0 aliphatic rings. The number of alkyl carbamates (subject to hydrolysis) is 1. The highest BCUT2D eigenvalue weighted by Crippen LogP contribution is 2.05. The molecule has 0 unspecified atom stereocenters. The van der Waals surface area contributed by atoms with Gasteiger partial charge in [-0.3, -0.25) is 4.79 Å². The molecule has 0 aliphatic heterocycles. The van der Waals surface area contributed by atoms with E-state index in [1.807, 2.05) is 36.4 Å². The van der Waals surface area contributed by atoms with Crippen molar-refractivity contribution in [1.82, 2.24) is 10.6 Å². The zero-order valence-corrected chi connectivity index (χ0v) is 15.6. The van der Waals surface area contributed by atoms with Crippen LogP contribution in [0.15, 0.2) is 60.7 Å². The van der Waals surface area contributed by atoms with Gasteiger partial charge < -0.3 is 20.5 Å². The molecule has 7 nitrogen and oxygen atoms in total. The summed E-state index contributed by atoms with van der Waals surface area (Å²) in [5.41, 5.74) is 1.61. The van der Waals surface area contributed by atoms with Crippen molar-refractivity contribution in [3.05, 3.63) is 71.8 Å². The van der Waals surface area contributed by atoms with Crippen LogP contribution < -0.4 is 10.6 Å². The van der Waals surface area contributed by atoms with Crippen molar-refractivity contribution < 1.29 is 24.2 Å². The van der Waals surface area contributed by atoms with Crippen LogP contribution in [0.3, 0.4) is 0 Å². The van der Waals surface area contributed by atoms with Crippen LogP contribution in [-0.4, -0.2) is 35.2 Å². The first kappa shape index (κ1) is 21.0. The number of nitrogens with one attached hydrogen (secondary N) is 2. The maximum absolute atomic E-state index is 12.4. The Labute approximate surface area is 163 Å². The molecule has 0 bridgehead atoms. The van der Waals surface area contributed by atoms with E-state index in [1.165, 1.54) is 0 Å². The monoisotopic (exact) mass is 384 g/mol. The summed E-state index contributed by atoms with van der Waals surface area (Å²) in [5.74, 6) is -1.71. The quantitative estimate of drug-likeness (QED) is 0.616. The van der Waals surface area contributed by atoms with Crippen molar-refractivity contribution in [2.45, 2.75) is 38.5 Å². The van der Waals surface area contributed by atoms with Gasteiger partial charge in [0, 0.05) is 6.42 Å². The van der Waals surface area contributed by atoms with Crippen molar-refractivity contribution in [2.75, 3.05) is 0 Å². The van der Waals surface area contributed by atoms with E-state index in [-0.39, 0.29) is 13.0 Å². The third kappa shape index (κ3) is 6.75. The van der Waals surface area contributed by atoms with E-state index >= 15 is 0 Å². The fourth-order valence-corrected chi connectivity index (χ4v) is 2.58. The number of carbonyl (C=O) groups is 3. The molecule has 7 heteroatoms. The summed E-state index contributed by atoms with van der Waals surface area (Å²) in [6.07, 6.45) is -0.290. The van der Waals surface area contributed by atoms with Gasteiger partial charge in [0.15, 0.2) is 0 Å². The number of ether oxygens (including phenoxy) is 1. The van der Waals surface area contributed by atoms with Crippen molar-refractivity contribution in [2.24, 2.45) is 0 Å². The zero-order chi connectivity index (χ0) is 20.4. The predicted molar refractivity (Wildman–Crippen MR) is 104 cm³/mol. The summed E-state index contributed by atoms with van der Waals surface area (Å²) in [4.78, 5) is 35.9. The lowest BCUT2D eigenvalue weighted by molar-refractivity contribution is -0.142. The van der Waals surface area contributed by atoms with E-state index in [2.05, 4.69) is 10.6 Å². The number of hydrogen-bond donors (Lipinski definition) is 3. The molecular weight excluding hydrogens is 360 g/mol. The maximum atomic E-state index is 12.4. The lowest BCUT2D eigenvalue weighted by Crippen LogP contribution is -2.52. The number of aliphatic carboxylic acids is 1. The molecular formula is C21H24N2O5. The molecule has 0 heterocycles. The topological polar surface area (TPSA) is 105 Å². The van der Waals surface area contributed by atoms with E-state index in [4.69, 9.17) is 4.74 Å². The van der Waals surface area contributed by atoms with E-state index in [0.717, 1.165) is 11.1 Å². The van der Waals surface area contributed by atoms with Crippen molar-refractivity contribution in [1.29, 1.82) is 0 Å². The molecule has 28 heavy (non-hydrogen) atoms. The molecule has 148 valence electrons. The van der Waals surface area contributed by atoms with Crippen LogP contribution in [0.1, 0.15) is 24.5 Å². The molecule has 0 aromatic heterocycles. The van der Waals surface area contributed by atoms with Gasteiger partial charge in [-0.05, 0) is 17.5 Å². The predicted octanol–water partition coefficient (Wildman–Crippen LogP) is 2.50. The number of amides is 2. The minimum absolute atomic E-state index is 0.0798. The Kier molecular flexibility index (Phi) is 8.02. The molecule has 0 spiro atoms. The summed E-state index contributed by atoms with van der Waals surface area (Å²) in [6, 6.07) is 16.2. The van der Waals surface area contributed by atoms with Gasteiger partial charge >= 0.3 is 12.1 Å². The van der Waals surface area contributed by atoms with Crippen LogP contribution in [-0.2, 0) is 27.4 Å². The van der Waals surface area contributed by atoms with Gasteiger partial charge in [0.1, 0.15) is 18.7 Å². The first-order chi connectivity index (χ1) is 13.5. The number of hydrogen-bond acceptors (Lipinski definition) is 4. The first-order valence-corrected chi connectivity index (χ1v) is 9.04. The van der Waals surface area contributed by atoms with Gasteiger partial charge in [-0.2, -0.15) is 0 Å². The van der Waals surface area contributed by atoms with Crippen molar-refractivity contribution in [3.63, 3.8) is 0 Å². The first-order valence-electron chi connectivity index (χ1n) is 9.04. The molecule has 0 aliphatic carbocycles. The number of carboxylic acid groups (broad SMARTS) is 1. The summed E-state index contributed by atoms with van der Waals surface area (Å²) >= 11 is 0. The largest absolute Gasteiger partial charge is 0.480 e. The highest BCUT2D eigenvalue weighted by Gasteiger charge is 2.26. The van der Waals surface area contributed by atoms with Crippen LogP contribution in [0.2, 0.25) is 0 Å². The smallest absolute Gasteiger partial charge is 0.408 e. The molecule has 2 amide bonds. The van der Waals surface area contributed by atoms with Crippen LogP contribution in [0.5, 0.6) is 0 Å². The second-order valence-electron chi connectivity index (χ2n) is 6.26. The van der Waals surface area contributed by atoms with Gasteiger partial charge in [-0.25, -0.2) is 9.59 Å². The summed E-state index contributed by atoms with van der Waals surface area (Å²) in [7, 11) is 0. The van der Waals surface area contributed by atoms with Gasteiger partial charge in [-0.15, -0.1) is 0 Å². The Hall–Kier alpha value is -3.35. The molecule has 2 aromatic carbocycles. The Balaban J connectivity index is 1.89. The minimum Gasteiger partial charge on any atom is -0.480 e. The van der Waals surface area contributed by atoms with Gasteiger partial charge in [-0.1, -0.05) is 67.6 Å². The number of carbonyl (C=O) groups excluding carboxylic acids is 2. The van der Waals surface area contributed by atoms with Crippen LogP contribution in [0.25, 0.3) is 0 Å². The number of rotatable bonds is 9. The highest BCUT2D eigenvalue weighted by molar-refractivity contribution is 5.89. The summed E-state index contributed by atoms with van der Waals surface area (Å²) in [5, 5.41) is 14.4. The molecule has 3 N–H and O–H groups in total. The maximum Gasteiger partial charge on any atom is 0.408 e. The molecule has 0 saturated carbocycles. The van der Waals surface area contributed by atoms with Crippen LogP contribution in [0, 0.1) is 0 Å². The Bertz CT molecular complexity index is 780. The zero-order valence-electron chi connectivity index (χ0n) is 15.6. The molecule has 0 saturated heterocycles. The second-order valence-corrected chi connectivity index (χ2v) is 6.26. The second kappa shape index (κ2) is 10.7. The van der Waals surface area contributed by atoms with Crippen molar-refractivity contribution in [3.8, 4) is 0 Å². The lowest BCUT2D eigenvalue weighted by atomic mass is 10.1. The van der Waals surface area contributed by atoms with E-state index in [9.17, 15) is 19.5 Å². The van der Waals surface area contributed by atoms with E-state index in [1.54, 1.807) is 31.2 Å². The molecule has 2 rings (SSSR count). The average Bonchev–Trinajstić information content (AvgIpc) is 2.71. The third-order valence-corrected chi connectivity index (χ3v) is 4.13.